The summed E-state index contributed by atoms with van der Waals surface area (Å²) < 4.78 is 0. The van der Waals surface area contributed by atoms with Crippen LogP contribution in [-0.4, -0.2) is 15.9 Å². The minimum atomic E-state index is -0.176. The van der Waals surface area contributed by atoms with E-state index >= 15 is 0 Å². The van der Waals surface area contributed by atoms with Crippen LogP contribution in [0.1, 0.15) is 15.9 Å². The lowest BCUT2D eigenvalue weighted by Gasteiger charge is -2.11. The molecule has 1 amide bonds. The molecule has 0 fully saturated rings. The molecule has 1 heterocycles. The number of anilines is 5. The quantitative estimate of drug-likeness (QED) is 0.341. The molecule has 4 aromatic rings. The van der Waals surface area contributed by atoms with Gasteiger partial charge in [-0.25, -0.2) is 4.98 Å². The molecule has 0 saturated carbocycles. The number of carbonyl (C=O) groups is 1. The highest BCUT2D eigenvalue weighted by atomic mass is 35.5. The lowest BCUT2D eigenvalue weighted by molar-refractivity contribution is 0.102. The fraction of sp³-hybridized carbons (Fsp3) is 0.0417. The van der Waals surface area contributed by atoms with Crippen molar-refractivity contribution in [1.82, 2.24) is 9.97 Å². The van der Waals surface area contributed by atoms with Crippen LogP contribution in [0.2, 0.25) is 5.02 Å². The van der Waals surface area contributed by atoms with Gasteiger partial charge in [0.25, 0.3) is 5.91 Å². The standard InChI is InChI=1S/C24H20ClN5O/c1-16-7-5-10-18(13-16)27-22-21(25)15-26-24(30-22)29-20-12-6-11-19(14-20)28-23(31)17-8-3-2-4-9-17/h2-15H,1H3,(H,28,31)(H2,26,27,29,30). The van der Waals surface area contributed by atoms with E-state index in [2.05, 4.69) is 25.9 Å². The topological polar surface area (TPSA) is 78.9 Å². The third kappa shape index (κ3) is 5.38. The second-order valence-corrected chi connectivity index (χ2v) is 7.32. The van der Waals surface area contributed by atoms with E-state index in [0.717, 1.165) is 16.9 Å². The summed E-state index contributed by atoms with van der Waals surface area (Å²) in [7, 11) is 0. The summed E-state index contributed by atoms with van der Waals surface area (Å²) in [6.07, 6.45) is 1.54. The average molecular weight is 430 g/mol. The van der Waals surface area contributed by atoms with E-state index in [4.69, 9.17) is 11.6 Å². The summed E-state index contributed by atoms with van der Waals surface area (Å²) in [5.41, 5.74) is 3.99. The molecule has 154 valence electrons. The van der Waals surface area contributed by atoms with E-state index in [9.17, 15) is 4.79 Å². The van der Waals surface area contributed by atoms with E-state index in [1.807, 2.05) is 73.7 Å². The van der Waals surface area contributed by atoms with Gasteiger partial charge in [-0.05, 0) is 55.0 Å². The number of rotatable bonds is 6. The van der Waals surface area contributed by atoms with Crippen LogP contribution in [0.4, 0.5) is 28.8 Å². The fourth-order valence-corrected chi connectivity index (χ4v) is 3.11. The first-order valence-corrected chi connectivity index (χ1v) is 10.0. The average Bonchev–Trinajstić information content (AvgIpc) is 2.77. The normalized spacial score (nSPS) is 10.4. The van der Waals surface area contributed by atoms with Gasteiger partial charge in [0.15, 0.2) is 5.82 Å². The number of halogens is 1. The molecule has 3 N–H and O–H groups in total. The smallest absolute Gasteiger partial charge is 0.255 e. The van der Waals surface area contributed by atoms with Crippen LogP contribution in [0.5, 0.6) is 0 Å². The first kappa shape index (κ1) is 20.4. The highest BCUT2D eigenvalue weighted by Crippen LogP contribution is 2.26. The number of aryl methyl sites for hydroxylation is 1. The van der Waals surface area contributed by atoms with Gasteiger partial charge in [-0.2, -0.15) is 4.98 Å². The van der Waals surface area contributed by atoms with E-state index in [0.29, 0.717) is 28.0 Å². The summed E-state index contributed by atoms with van der Waals surface area (Å²) in [6.45, 7) is 2.02. The molecule has 0 unspecified atom stereocenters. The van der Waals surface area contributed by atoms with Crippen molar-refractivity contribution in [3.63, 3.8) is 0 Å². The third-order valence-electron chi connectivity index (χ3n) is 4.44. The van der Waals surface area contributed by atoms with Crippen LogP contribution in [0.25, 0.3) is 0 Å². The van der Waals surface area contributed by atoms with Crippen LogP contribution in [0.15, 0.2) is 85.1 Å². The van der Waals surface area contributed by atoms with Crippen molar-refractivity contribution in [2.24, 2.45) is 0 Å². The van der Waals surface area contributed by atoms with E-state index < -0.39 is 0 Å². The first-order chi connectivity index (χ1) is 15.1. The second kappa shape index (κ2) is 9.28. The maximum atomic E-state index is 12.4. The predicted molar refractivity (Wildman–Crippen MR) is 126 cm³/mol. The lowest BCUT2D eigenvalue weighted by atomic mass is 10.2. The maximum Gasteiger partial charge on any atom is 0.255 e. The molecule has 0 bridgehead atoms. The number of amides is 1. The van der Waals surface area contributed by atoms with Gasteiger partial charge >= 0.3 is 0 Å². The zero-order valence-corrected chi connectivity index (χ0v) is 17.5. The monoisotopic (exact) mass is 429 g/mol. The van der Waals surface area contributed by atoms with Crippen molar-refractivity contribution < 1.29 is 4.79 Å². The Bertz CT molecular complexity index is 1210. The minimum absolute atomic E-state index is 0.176. The minimum Gasteiger partial charge on any atom is -0.339 e. The fourth-order valence-electron chi connectivity index (χ4n) is 2.97. The second-order valence-electron chi connectivity index (χ2n) is 6.91. The summed E-state index contributed by atoms with van der Waals surface area (Å²) in [5, 5.41) is 9.67. The van der Waals surface area contributed by atoms with Crippen molar-refractivity contribution in [2.45, 2.75) is 6.92 Å². The van der Waals surface area contributed by atoms with Gasteiger partial charge in [-0.3, -0.25) is 4.79 Å². The Hall–Kier alpha value is -3.90. The van der Waals surface area contributed by atoms with Crippen molar-refractivity contribution in [1.29, 1.82) is 0 Å². The Kier molecular flexibility index (Phi) is 6.10. The summed E-state index contributed by atoms with van der Waals surface area (Å²) in [4.78, 5) is 21.1. The molecule has 1 aromatic heterocycles. The van der Waals surface area contributed by atoms with Gasteiger partial charge in [-0.1, -0.05) is 48.0 Å². The summed E-state index contributed by atoms with van der Waals surface area (Å²) in [6, 6.07) is 24.3. The molecule has 3 aromatic carbocycles. The predicted octanol–water partition coefficient (Wildman–Crippen LogP) is 6.18. The number of nitrogens with zero attached hydrogens (tertiary/aromatic N) is 2. The number of aromatic nitrogens is 2. The molecule has 0 saturated heterocycles. The number of hydrogen-bond donors (Lipinski definition) is 3. The van der Waals surface area contributed by atoms with Gasteiger partial charge in [0.1, 0.15) is 5.02 Å². The number of nitrogens with one attached hydrogen (secondary N) is 3. The highest BCUT2D eigenvalue weighted by Gasteiger charge is 2.09. The Morgan fingerprint density at radius 2 is 1.55 bits per heavy atom. The Morgan fingerprint density at radius 1 is 0.839 bits per heavy atom. The van der Waals surface area contributed by atoms with Crippen molar-refractivity contribution >= 4 is 46.3 Å². The largest absolute Gasteiger partial charge is 0.339 e. The highest BCUT2D eigenvalue weighted by molar-refractivity contribution is 6.32. The van der Waals surface area contributed by atoms with Gasteiger partial charge in [0.05, 0.1) is 6.20 Å². The molecule has 31 heavy (non-hydrogen) atoms. The lowest BCUT2D eigenvalue weighted by Crippen LogP contribution is -2.11. The molecule has 0 aliphatic heterocycles. The molecule has 6 nitrogen and oxygen atoms in total. The van der Waals surface area contributed by atoms with Gasteiger partial charge < -0.3 is 16.0 Å². The van der Waals surface area contributed by atoms with Gasteiger partial charge in [-0.15, -0.1) is 0 Å². The molecule has 0 atom stereocenters. The molecule has 0 aliphatic carbocycles. The van der Waals surface area contributed by atoms with Crippen molar-refractivity contribution in [3.8, 4) is 0 Å². The Morgan fingerprint density at radius 3 is 2.32 bits per heavy atom. The first-order valence-electron chi connectivity index (χ1n) is 9.66. The molecule has 7 heteroatoms. The summed E-state index contributed by atoms with van der Waals surface area (Å²) >= 11 is 6.27. The van der Waals surface area contributed by atoms with Crippen LogP contribution in [0, 0.1) is 6.92 Å². The zero-order valence-electron chi connectivity index (χ0n) is 16.8. The van der Waals surface area contributed by atoms with Crippen LogP contribution in [0.3, 0.4) is 0 Å². The van der Waals surface area contributed by atoms with Crippen LogP contribution in [-0.2, 0) is 0 Å². The van der Waals surface area contributed by atoms with E-state index in [-0.39, 0.29) is 5.91 Å². The van der Waals surface area contributed by atoms with E-state index in [1.165, 1.54) is 6.20 Å². The molecule has 0 spiro atoms. The molecular formula is C24H20ClN5O. The van der Waals surface area contributed by atoms with Gasteiger partial charge in [0, 0.05) is 22.6 Å². The maximum absolute atomic E-state index is 12.4. The number of benzene rings is 3. The van der Waals surface area contributed by atoms with Gasteiger partial charge in [0.2, 0.25) is 5.95 Å². The van der Waals surface area contributed by atoms with Crippen molar-refractivity contribution in [3.05, 3.63) is 101 Å². The van der Waals surface area contributed by atoms with Crippen molar-refractivity contribution in [2.75, 3.05) is 16.0 Å². The summed E-state index contributed by atoms with van der Waals surface area (Å²) in [5.74, 6) is 0.703. The van der Waals surface area contributed by atoms with Crippen LogP contribution >= 0.6 is 11.6 Å². The Balaban J connectivity index is 1.49. The molecule has 4 rings (SSSR count). The molecular weight excluding hydrogens is 410 g/mol. The third-order valence-corrected chi connectivity index (χ3v) is 4.71. The molecule has 0 radical (unpaired) electrons. The SMILES string of the molecule is Cc1cccc(Nc2nc(Nc3cccc(NC(=O)c4ccccc4)c3)ncc2Cl)c1. The molecule has 0 aliphatic rings. The Labute approximate surface area is 185 Å². The zero-order chi connectivity index (χ0) is 21.6. The van der Waals surface area contributed by atoms with Crippen LogP contribution < -0.4 is 16.0 Å². The number of carbonyl (C=O) groups excluding carboxylic acids is 1. The van der Waals surface area contributed by atoms with E-state index in [1.54, 1.807) is 12.1 Å². The number of hydrogen-bond acceptors (Lipinski definition) is 5.